The SMILES string of the molecule is CCC1(c2ccccc2)NC(=O)N(CC(=O)N2CCN(C(=O)c3ccc(C)cc3)CC2)C1=O. The molecule has 0 bridgehead atoms. The van der Waals surface area contributed by atoms with Crippen LogP contribution in [0, 0.1) is 6.92 Å². The van der Waals surface area contributed by atoms with E-state index in [1.165, 1.54) is 0 Å². The number of aryl methyl sites for hydroxylation is 1. The number of rotatable bonds is 5. The highest BCUT2D eigenvalue weighted by Crippen LogP contribution is 2.32. The van der Waals surface area contributed by atoms with Gasteiger partial charge in [0.05, 0.1) is 0 Å². The summed E-state index contributed by atoms with van der Waals surface area (Å²) in [6, 6.07) is 15.9. The predicted octanol–water partition coefficient (Wildman–Crippen LogP) is 2.14. The van der Waals surface area contributed by atoms with Gasteiger partial charge < -0.3 is 15.1 Å². The van der Waals surface area contributed by atoms with Gasteiger partial charge in [-0.1, -0.05) is 55.0 Å². The fourth-order valence-corrected chi connectivity index (χ4v) is 4.40. The van der Waals surface area contributed by atoms with Crippen molar-refractivity contribution in [2.75, 3.05) is 32.7 Å². The minimum Gasteiger partial charge on any atom is -0.338 e. The molecule has 1 N–H and O–H groups in total. The topological polar surface area (TPSA) is 90.0 Å². The molecule has 2 aromatic rings. The third-order valence-electron chi connectivity index (χ3n) is 6.48. The van der Waals surface area contributed by atoms with Crippen LogP contribution < -0.4 is 5.32 Å². The maximum absolute atomic E-state index is 13.2. The first-order valence-electron chi connectivity index (χ1n) is 11.2. The average molecular weight is 449 g/mol. The van der Waals surface area contributed by atoms with Crippen molar-refractivity contribution in [1.29, 1.82) is 0 Å². The molecule has 4 rings (SSSR count). The quantitative estimate of drug-likeness (QED) is 0.710. The van der Waals surface area contributed by atoms with Crippen LogP contribution in [0.2, 0.25) is 0 Å². The molecule has 0 spiro atoms. The molecule has 1 atom stereocenters. The normalized spacial score (nSPS) is 20.7. The van der Waals surface area contributed by atoms with E-state index >= 15 is 0 Å². The Morgan fingerprint density at radius 3 is 2.12 bits per heavy atom. The molecule has 5 amide bonds. The lowest BCUT2D eigenvalue weighted by molar-refractivity contribution is -0.140. The van der Waals surface area contributed by atoms with Crippen molar-refractivity contribution >= 4 is 23.8 Å². The molecule has 8 nitrogen and oxygen atoms in total. The first kappa shape index (κ1) is 22.5. The maximum atomic E-state index is 13.2. The number of nitrogens with zero attached hydrogens (tertiary/aromatic N) is 3. The molecule has 0 aliphatic carbocycles. The standard InChI is InChI=1S/C25H28N4O4/c1-3-25(20-7-5-4-6-8-20)23(32)29(24(33)26-25)17-21(30)27-13-15-28(16-14-27)22(31)19-11-9-18(2)10-12-19/h4-12H,3,13-17H2,1-2H3,(H,26,33). The van der Waals surface area contributed by atoms with Gasteiger partial charge in [0, 0.05) is 31.7 Å². The van der Waals surface area contributed by atoms with Crippen molar-refractivity contribution in [2.45, 2.75) is 25.8 Å². The Kier molecular flexibility index (Phi) is 6.18. The first-order valence-corrected chi connectivity index (χ1v) is 11.2. The van der Waals surface area contributed by atoms with E-state index in [-0.39, 0.29) is 18.4 Å². The van der Waals surface area contributed by atoms with Crippen LogP contribution in [0.3, 0.4) is 0 Å². The lowest BCUT2D eigenvalue weighted by Gasteiger charge is -2.35. The van der Waals surface area contributed by atoms with E-state index in [1.807, 2.05) is 44.2 Å². The summed E-state index contributed by atoms with van der Waals surface area (Å²) in [6.07, 6.45) is 0.381. The van der Waals surface area contributed by atoms with E-state index in [0.717, 1.165) is 10.5 Å². The van der Waals surface area contributed by atoms with Gasteiger partial charge >= 0.3 is 6.03 Å². The molecule has 2 fully saturated rings. The van der Waals surface area contributed by atoms with Gasteiger partial charge in [-0.2, -0.15) is 0 Å². The molecule has 2 aliphatic heterocycles. The van der Waals surface area contributed by atoms with Gasteiger partial charge in [-0.15, -0.1) is 0 Å². The molecule has 0 radical (unpaired) electrons. The van der Waals surface area contributed by atoms with E-state index in [4.69, 9.17) is 0 Å². The smallest absolute Gasteiger partial charge is 0.325 e. The largest absolute Gasteiger partial charge is 0.338 e. The Morgan fingerprint density at radius 1 is 0.909 bits per heavy atom. The fraction of sp³-hybridized carbons (Fsp3) is 0.360. The van der Waals surface area contributed by atoms with Gasteiger partial charge in [0.2, 0.25) is 5.91 Å². The second kappa shape index (κ2) is 9.05. The summed E-state index contributed by atoms with van der Waals surface area (Å²) < 4.78 is 0. The number of hydrogen-bond donors (Lipinski definition) is 1. The van der Waals surface area contributed by atoms with Crippen LogP contribution in [0.15, 0.2) is 54.6 Å². The number of imide groups is 1. The summed E-state index contributed by atoms with van der Waals surface area (Å²) in [5.74, 6) is -0.782. The predicted molar refractivity (Wildman–Crippen MR) is 122 cm³/mol. The van der Waals surface area contributed by atoms with Crippen LogP contribution in [0.1, 0.15) is 34.8 Å². The van der Waals surface area contributed by atoms with Crippen LogP contribution in [-0.4, -0.2) is 71.2 Å². The van der Waals surface area contributed by atoms with Gasteiger partial charge in [0.15, 0.2) is 0 Å². The monoisotopic (exact) mass is 448 g/mol. The summed E-state index contributed by atoms with van der Waals surface area (Å²) in [5.41, 5.74) is 1.25. The summed E-state index contributed by atoms with van der Waals surface area (Å²) in [5, 5.41) is 2.80. The molecule has 0 saturated carbocycles. The zero-order valence-corrected chi connectivity index (χ0v) is 18.9. The van der Waals surface area contributed by atoms with Crippen LogP contribution in [0.4, 0.5) is 4.79 Å². The maximum Gasteiger partial charge on any atom is 0.325 e. The highest BCUT2D eigenvalue weighted by molar-refractivity contribution is 6.09. The van der Waals surface area contributed by atoms with Crippen LogP contribution in [0.5, 0.6) is 0 Å². The minimum atomic E-state index is -1.15. The number of carbonyl (C=O) groups excluding carboxylic acids is 4. The zero-order chi connectivity index (χ0) is 23.6. The molecule has 2 heterocycles. The first-order chi connectivity index (χ1) is 15.9. The molecule has 2 aromatic carbocycles. The Hall–Kier alpha value is -3.68. The fourth-order valence-electron chi connectivity index (χ4n) is 4.40. The number of nitrogens with one attached hydrogen (secondary N) is 1. The van der Waals surface area contributed by atoms with Crippen molar-refractivity contribution in [3.63, 3.8) is 0 Å². The highest BCUT2D eigenvalue weighted by Gasteiger charge is 2.51. The third kappa shape index (κ3) is 4.20. The summed E-state index contributed by atoms with van der Waals surface area (Å²) in [6.45, 7) is 5.01. The highest BCUT2D eigenvalue weighted by atomic mass is 16.2. The number of amides is 5. The van der Waals surface area contributed by atoms with Gasteiger partial charge in [-0.05, 0) is 31.0 Å². The van der Waals surface area contributed by atoms with E-state index in [0.29, 0.717) is 43.7 Å². The Balaban J connectivity index is 1.38. The van der Waals surface area contributed by atoms with Crippen LogP contribution in [-0.2, 0) is 15.1 Å². The van der Waals surface area contributed by atoms with Gasteiger partial charge in [-0.25, -0.2) is 4.79 Å². The number of carbonyl (C=O) groups is 4. The molecule has 2 saturated heterocycles. The summed E-state index contributed by atoms with van der Waals surface area (Å²) >= 11 is 0. The van der Waals surface area contributed by atoms with Gasteiger partial charge in [0.25, 0.3) is 11.8 Å². The second-order valence-electron chi connectivity index (χ2n) is 8.49. The Morgan fingerprint density at radius 2 is 1.52 bits per heavy atom. The molecule has 172 valence electrons. The Labute approximate surface area is 193 Å². The molecular formula is C25H28N4O4. The second-order valence-corrected chi connectivity index (χ2v) is 8.49. The van der Waals surface area contributed by atoms with Crippen molar-refractivity contribution in [3.8, 4) is 0 Å². The third-order valence-corrected chi connectivity index (χ3v) is 6.48. The molecule has 2 aliphatic rings. The lowest BCUT2D eigenvalue weighted by Crippen LogP contribution is -2.53. The van der Waals surface area contributed by atoms with Crippen molar-refractivity contribution < 1.29 is 19.2 Å². The zero-order valence-electron chi connectivity index (χ0n) is 18.9. The number of hydrogen-bond acceptors (Lipinski definition) is 4. The lowest BCUT2D eigenvalue weighted by atomic mass is 9.87. The van der Waals surface area contributed by atoms with Crippen LogP contribution >= 0.6 is 0 Å². The summed E-state index contributed by atoms with van der Waals surface area (Å²) in [4.78, 5) is 55.8. The number of urea groups is 1. The Bertz CT molecular complexity index is 1060. The molecule has 1 unspecified atom stereocenters. The van der Waals surface area contributed by atoms with E-state index in [2.05, 4.69) is 5.32 Å². The summed E-state index contributed by atoms with van der Waals surface area (Å²) in [7, 11) is 0. The van der Waals surface area contributed by atoms with Gasteiger partial charge in [0.1, 0.15) is 12.1 Å². The van der Waals surface area contributed by atoms with E-state index in [1.54, 1.807) is 34.1 Å². The van der Waals surface area contributed by atoms with E-state index < -0.39 is 17.5 Å². The average Bonchev–Trinajstić information content (AvgIpc) is 3.10. The van der Waals surface area contributed by atoms with E-state index in [9.17, 15) is 19.2 Å². The number of benzene rings is 2. The molecule has 33 heavy (non-hydrogen) atoms. The molecule has 8 heteroatoms. The molecular weight excluding hydrogens is 420 g/mol. The van der Waals surface area contributed by atoms with Crippen molar-refractivity contribution in [3.05, 3.63) is 71.3 Å². The minimum absolute atomic E-state index is 0.0632. The van der Waals surface area contributed by atoms with Crippen molar-refractivity contribution in [1.82, 2.24) is 20.0 Å². The molecule has 0 aromatic heterocycles. The number of piperazine rings is 1. The van der Waals surface area contributed by atoms with Crippen molar-refractivity contribution in [2.24, 2.45) is 0 Å². The van der Waals surface area contributed by atoms with Crippen LogP contribution in [0.25, 0.3) is 0 Å². The van der Waals surface area contributed by atoms with Gasteiger partial charge in [-0.3, -0.25) is 19.3 Å².